The average molecular weight is 457 g/mol. The molecule has 4 aromatic heterocycles. The van der Waals surface area contributed by atoms with E-state index in [1.165, 1.54) is 5.56 Å². The van der Waals surface area contributed by atoms with Crippen molar-refractivity contribution >= 4 is 27.4 Å². The van der Waals surface area contributed by atoms with E-state index in [0.717, 1.165) is 51.5 Å². The summed E-state index contributed by atoms with van der Waals surface area (Å²) in [5.41, 5.74) is 11.1. The first kappa shape index (κ1) is 21.2. The van der Waals surface area contributed by atoms with Gasteiger partial charge in [0, 0.05) is 54.0 Å². The van der Waals surface area contributed by atoms with Crippen molar-refractivity contribution in [3.05, 3.63) is 77.6 Å². The average Bonchev–Trinajstić information content (AvgIpc) is 3.50. The van der Waals surface area contributed by atoms with Crippen LogP contribution >= 0.6 is 11.3 Å². The summed E-state index contributed by atoms with van der Waals surface area (Å²) >= 11 is 1.59. The molecule has 0 aliphatic rings. The van der Waals surface area contributed by atoms with Gasteiger partial charge < -0.3 is 15.6 Å². The van der Waals surface area contributed by atoms with Crippen molar-refractivity contribution in [2.24, 2.45) is 5.73 Å². The van der Waals surface area contributed by atoms with E-state index in [9.17, 15) is 0 Å². The monoisotopic (exact) mass is 456 g/mol. The number of rotatable bonds is 8. The van der Waals surface area contributed by atoms with Gasteiger partial charge in [-0.3, -0.25) is 4.98 Å². The summed E-state index contributed by atoms with van der Waals surface area (Å²) in [5.74, 6) is 2.24. The van der Waals surface area contributed by atoms with Crippen LogP contribution in [-0.4, -0.2) is 32.7 Å². The Bertz CT molecular complexity index is 1350. The summed E-state index contributed by atoms with van der Waals surface area (Å²) in [6.07, 6.45) is 5.06. The number of anilines is 1. The third kappa shape index (κ3) is 4.62. The highest BCUT2D eigenvalue weighted by Crippen LogP contribution is 2.37. The van der Waals surface area contributed by atoms with Gasteiger partial charge in [0.2, 0.25) is 0 Å². The largest absolute Gasteiger partial charge is 0.367 e. The summed E-state index contributed by atoms with van der Waals surface area (Å²) in [4.78, 5) is 13.8. The number of benzene rings is 1. The number of thiophene rings is 1. The van der Waals surface area contributed by atoms with Crippen molar-refractivity contribution in [1.82, 2.24) is 20.1 Å². The lowest BCUT2D eigenvalue weighted by Crippen LogP contribution is -2.31. The normalized spacial score (nSPS) is 12.2. The fraction of sp³-hybridized carbons (Fsp3) is 0.200. The van der Waals surface area contributed by atoms with E-state index < -0.39 is 0 Å². The van der Waals surface area contributed by atoms with Gasteiger partial charge in [0.25, 0.3) is 0 Å². The lowest BCUT2D eigenvalue weighted by molar-refractivity contribution is 0.389. The van der Waals surface area contributed by atoms with Crippen molar-refractivity contribution in [1.29, 1.82) is 0 Å². The van der Waals surface area contributed by atoms with Crippen LogP contribution in [0.2, 0.25) is 0 Å². The van der Waals surface area contributed by atoms with Gasteiger partial charge in [-0.25, -0.2) is 9.97 Å². The topological polar surface area (TPSA) is 103 Å². The SMILES string of the molecule is CCc1cc(-c2csc3c(NC[C@@H](N)Cc4ccccc4)nc(-c4ccncc4)nc23)no1. The van der Waals surface area contributed by atoms with Gasteiger partial charge in [-0.05, 0) is 24.1 Å². The molecule has 0 bridgehead atoms. The van der Waals surface area contributed by atoms with Gasteiger partial charge >= 0.3 is 0 Å². The van der Waals surface area contributed by atoms with Gasteiger partial charge in [-0.15, -0.1) is 11.3 Å². The van der Waals surface area contributed by atoms with E-state index in [-0.39, 0.29) is 6.04 Å². The Labute approximate surface area is 195 Å². The third-order valence-electron chi connectivity index (χ3n) is 5.41. The number of nitrogens with one attached hydrogen (secondary N) is 1. The van der Waals surface area contributed by atoms with Gasteiger partial charge in [0.05, 0.1) is 10.2 Å². The molecule has 8 heteroatoms. The van der Waals surface area contributed by atoms with E-state index in [1.807, 2.05) is 43.3 Å². The van der Waals surface area contributed by atoms with E-state index in [2.05, 4.69) is 33.0 Å². The number of nitrogens with two attached hydrogens (primary N) is 1. The molecule has 1 atom stereocenters. The van der Waals surface area contributed by atoms with Crippen LogP contribution in [0.4, 0.5) is 5.82 Å². The summed E-state index contributed by atoms with van der Waals surface area (Å²) < 4.78 is 6.41. The van der Waals surface area contributed by atoms with E-state index in [4.69, 9.17) is 20.2 Å². The number of nitrogens with zero attached hydrogens (tertiary/aromatic N) is 4. The molecule has 0 aliphatic heterocycles. The molecule has 0 saturated carbocycles. The van der Waals surface area contributed by atoms with Gasteiger partial charge in [-0.2, -0.15) is 0 Å². The summed E-state index contributed by atoms with van der Waals surface area (Å²) in [7, 11) is 0. The molecule has 0 saturated heterocycles. The highest BCUT2D eigenvalue weighted by atomic mass is 32.1. The van der Waals surface area contributed by atoms with Crippen molar-refractivity contribution in [3.63, 3.8) is 0 Å². The maximum atomic E-state index is 6.43. The second kappa shape index (κ2) is 9.48. The molecule has 166 valence electrons. The van der Waals surface area contributed by atoms with Crippen LogP contribution < -0.4 is 11.1 Å². The molecule has 33 heavy (non-hydrogen) atoms. The number of hydrogen-bond acceptors (Lipinski definition) is 8. The quantitative estimate of drug-likeness (QED) is 0.340. The highest BCUT2D eigenvalue weighted by Gasteiger charge is 2.18. The van der Waals surface area contributed by atoms with Crippen LogP contribution in [0.5, 0.6) is 0 Å². The molecular formula is C25H24N6OS. The molecule has 7 nitrogen and oxygen atoms in total. The molecule has 5 aromatic rings. The lowest BCUT2D eigenvalue weighted by Gasteiger charge is -2.14. The highest BCUT2D eigenvalue weighted by molar-refractivity contribution is 7.18. The first-order chi connectivity index (χ1) is 16.2. The summed E-state index contributed by atoms with van der Waals surface area (Å²) in [6, 6.07) is 16.0. The van der Waals surface area contributed by atoms with Crippen molar-refractivity contribution < 1.29 is 4.52 Å². The molecule has 0 radical (unpaired) electrons. The second-order valence-corrected chi connectivity index (χ2v) is 8.70. The van der Waals surface area contributed by atoms with Crippen molar-refractivity contribution in [2.75, 3.05) is 11.9 Å². The van der Waals surface area contributed by atoms with Gasteiger partial charge in [-0.1, -0.05) is 42.4 Å². The maximum Gasteiger partial charge on any atom is 0.162 e. The fourth-order valence-corrected chi connectivity index (χ4v) is 4.64. The standard InChI is InChI=1S/C25H24N6OS/c1-2-19-13-21(31-32-19)20-15-33-23-22(20)29-24(17-8-10-27-11-9-17)30-25(23)28-14-18(26)12-16-6-4-3-5-7-16/h3-11,13,15,18H,2,12,14,26H2,1H3,(H,28,29,30)/t18-/m0/s1. The number of aromatic nitrogens is 4. The Hall–Kier alpha value is -3.62. The number of fused-ring (bicyclic) bond motifs is 1. The molecule has 3 N–H and O–H groups in total. The minimum Gasteiger partial charge on any atom is -0.367 e. The summed E-state index contributed by atoms with van der Waals surface area (Å²) in [6.45, 7) is 2.63. The molecule has 4 heterocycles. The van der Waals surface area contributed by atoms with Crippen LogP contribution in [-0.2, 0) is 12.8 Å². The Morgan fingerprint density at radius 2 is 1.91 bits per heavy atom. The fourth-order valence-electron chi connectivity index (χ4n) is 3.67. The van der Waals surface area contributed by atoms with Crippen LogP contribution in [0.3, 0.4) is 0 Å². The van der Waals surface area contributed by atoms with Gasteiger partial charge in [0.1, 0.15) is 17.3 Å². The van der Waals surface area contributed by atoms with Crippen molar-refractivity contribution in [2.45, 2.75) is 25.8 Å². The Morgan fingerprint density at radius 1 is 1.09 bits per heavy atom. The van der Waals surface area contributed by atoms with E-state index in [1.54, 1.807) is 23.7 Å². The van der Waals surface area contributed by atoms with Gasteiger partial charge in [0.15, 0.2) is 5.82 Å². The first-order valence-corrected chi connectivity index (χ1v) is 11.8. The minimum absolute atomic E-state index is 0.0520. The van der Waals surface area contributed by atoms with Crippen LogP contribution in [0.15, 0.2) is 70.8 Å². The summed E-state index contributed by atoms with van der Waals surface area (Å²) in [5, 5.41) is 9.79. The molecule has 5 rings (SSSR count). The van der Waals surface area contributed by atoms with Crippen molar-refractivity contribution in [3.8, 4) is 22.6 Å². The Morgan fingerprint density at radius 3 is 2.67 bits per heavy atom. The lowest BCUT2D eigenvalue weighted by atomic mass is 10.1. The number of hydrogen-bond donors (Lipinski definition) is 2. The number of aryl methyl sites for hydroxylation is 1. The predicted octanol–water partition coefficient (Wildman–Crippen LogP) is 4.95. The van der Waals surface area contributed by atoms with E-state index >= 15 is 0 Å². The third-order valence-corrected chi connectivity index (χ3v) is 6.39. The zero-order valence-electron chi connectivity index (χ0n) is 18.2. The number of pyridine rings is 1. The molecule has 0 spiro atoms. The zero-order valence-corrected chi connectivity index (χ0v) is 19.0. The predicted molar refractivity (Wildman–Crippen MR) is 132 cm³/mol. The van der Waals surface area contributed by atoms with Crippen LogP contribution in [0.25, 0.3) is 32.9 Å². The molecule has 0 amide bonds. The molecule has 0 aliphatic carbocycles. The first-order valence-electron chi connectivity index (χ1n) is 10.9. The minimum atomic E-state index is -0.0520. The zero-order chi connectivity index (χ0) is 22.6. The van der Waals surface area contributed by atoms with Crippen LogP contribution in [0.1, 0.15) is 18.2 Å². The Kier molecular flexibility index (Phi) is 6.10. The maximum absolute atomic E-state index is 6.43. The second-order valence-electron chi connectivity index (χ2n) is 7.82. The molecular weight excluding hydrogens is 432 g/mol. The molecule has 0 fully saturated rings. The Balaban J connectivity index is 1.50. The molecule has 0 unspecified atom stereocenters. The molecule has 1 aromatic carbocycles. The van der Waals surface area contributed by atoms with E-state index in [0.29, 0.717) is 12.4 Å². The smallest absolute Gasteiger partial charge is 0.162 e. The van der Waals surface area contributed by atoms with Crippen LogP contribution in [0, 0.1) is 0 Å².